The van der Waals surface area contributed by atoms with Crippen molar-refractivity contribution in [2.45, 2.75) is 51.0 Å². The van der Waals surface area contributed by atoms with Crippen LogP contribution >= 0.6 is 0 Å². The molecular weight excluding hydrogens is 264 g/mol. The molecule has 0 bridgehead atoms. The van der Waals surface area contributed by atoms with E-state index in [2.05, 4.69) is 20.6 Å². The van der Waals surface area contributed by atoms with Crippen LogP contribution in [0.4, 0.5) is 14.6 Å². The monoisotopic (exact) mass is 281 g/mol. The van der Waals surface area contributed by atoms with Crippen LogP contribution in [0.5, 0.6) is 0 Å². The van der Waals surface area contributed by atoms with Gasteiger partial charge < -0.3 is 5.32 Å². The number of halogens is 2. The molecule has 0 saturated heterocycles. The van der Waals surface area contributed by atoms with Gasteiger partial charge in [-0.05, 0) is 25.0 Å². The van der Waals surface area contributed by atoms with E-state index in [1.54, 1.807) is 12.1 Å². The van der Waals surface area contributed by atoms with Crippen molar-refractivity contribution in [1.29, 1.82) is 0 Å². The first-order chi connectivity index (χ1) is 9.74. The van der Waals surface area contributed by atoms with E-state index in [9.17, 15) is 8.78 Å². The van der Waals surface area contributed by atoms with Crippen molar-refractivity contribution >= 4 is 11.5 Å². The van der Waals surface area contributed by atoms with Crippen molar-refractivity contribution in [2.75, 3.05) is 5.32 Å². The molecule has 2 aromatic heterocycles. The number of fused-ring (bicyclic) bond motifs is 1. The number of hydrogen-bond acceptors (Lipinski definition) is 4. The van der Waals surface area contributed by atoms with Crippen molar-refractivity contribution in [1.82, 2.24) is 19.8 Å². The van der Waals surface area contributed by atoms with Crippen molar-refractivity contribution in [2.24, 2.45) is 0 Å². The molecular formula is C13H17F2N5. The van der Waals surface area contributed by atoms with Gasteiger partial charge >= 0.3 is 0 Å². The number of anilines is 1. The third kappa shape index (κ3) is 2.71. The molecule has 1 saturated carbocycles. The smallest absolute Gasteiger partial charge is 0.299 e. The first-order valence-corrected chi connectivity index (χ1v) is 7.01. The van der Waals surface area contributed by atoms with Crippen molar-refractivity contribution in [3.05, 3.63) is 18.0 Å². The Morgan fingerprint density at radius 3 is 2.55 bits per heavy atom. The standard InChI is InChI=1S/C13H17F2N5/c14-12(15)13-18-17-11-8-7-10(19-20(11)13)16-9-5-3-1-2-4-6-9/h7-9,12H,1-6H2,(H,16,19). The summed E-state index contributed by atoms with van der Waals surface area (Å²) in [4.78, 5) is 0. The third-order valence-corrected chi connectivity index (χ3v) is 3.69. The van der Waals surface area contributed by atoms with Crippen LogP contribution < -0.4 is 5.32 Å². The quantitative estimate of drug-likeness (QED) is 0.878. The van der Waals surface area contributed by atoms with Gasteiger partial charge in [0.1, 0.15) is 5.82 Å². The van der Waals surface area contributed by atoms with Gasteiger partial charge in [-0.15, -0.1) is 15.3 Å². The van der Waals surface area contributed by atoms with Crippen LogP contribution in [0.25, 0.3) is 5.65 Å². The van der Waals surface area contributed by atoms with Crippen LogP contribution in [0.2, 0.25) is 0 Å². The Morgan fingerprint density at radius 1 is 1.10 bits per heavy atom. The highest BCUT2D eigenvalue weighted by molar-refractivity contribution is 5.44. The molecule has 0 radical (unpaired) electrons. The molecule has 2 aromatic rings. The number of alkyl halides is 2. The van der Waals surface area contributed by atoms with Gasteiger partial charge in [-0.1, -0.05) is 25.7 Å². The van der Waals surface area contributed by atoms with Crippen molar-refractivity contribution in [3.63, 3.8) is 0 Å². The molecule has 20 heavy (non-hydrogen) atoms. The van der Waals surface area contributed by atoms with E-state index in [1.165, 1.54) is 25.7 Å². The zero-order chi connectivity index (χ0) is 13.9. The number of rotatable bonds is 3. The molecule has 0 atom stereocenters. The summed E-state index contributed by atoms with van der Waals surface area (Å²) in [5.41, 5.74) is 0.340. The topological polar surface area (TPSA) is 55.1 Å². The van der Waals surface area contributed by atoms with E-state index in [1.807, 2.05) is 0 Å². The average molecular weight is 281 g/mol. The highest BCUT2D eigenvalue weighted by Crippen LogP contribution is 2.21. The van der Waals surface area contributed by atoms with Gasteiger partial charge in [0, 0.05) is 6.04 Å². The molecule has 7 heteroatoms. The van der Waals surface area contributed by atoms with Gasteiger partial charge in [0.15, 0.2) is 5.65 Å². The zero-order valence-corrected chi connectivity index (χ0v) is 11.1. The second kappa shape index (κ2) is 5.68. The van der Waals surface area contributed by atoms with Crippen molar-refractivity contribution in [3.8, 4) is 0 Å². The lowest BCUT2D eigenvalue weighted by molar-refractivity contribution is 0.137. The minimum Gasteiger partial charge on any atom is -0.366 e. The van der Waals surface area contributed by atoms with Gasteiger partial charge in [0.25, 0.3) is 6.43 Å². The summed E-state index contributed by atoms with van der Waals surface area (Å²) in [6.45, 7) is 0. The number of nitrogens with zero attached hydrogens (tertiary/aromatic N) is 4. The lowest BCUT2D eigenvalue weighted by atomic mass is 10.1. The van der Waals surface area contributed by atoms with Crippen LogP contribution in [-0.2, 0) is 0 Å². The largest absolute Gasteiger partial charge is 0.366 e. The Kier molecular flexibility index (Phi) is 3.75. The summed E-state index contributed by atoms with van der Waals surface area (Å²) < 4.78 is 26.7. The lowest BCUT2D eigenvalue weighted by Gasteiger charge is -2.16. The maximum Gasteiger partial charge on any atom is 0.299 e. The van der Waals surface area contributed by atoms with E-state index in [4.69, 9.17) is 0 Å². The van der Waals surface area contributed by atoms with Gasteiger partial charge in [-0.3, -0.25) is 0 Å². The normalized spacial score (nSPS) is 17.6. The fourth-order valence-corrected chi connectivity index (χ4v) is 2.65. The molecule has 1 aliphatic rings. The molecule has 0 aliphatic heterocycles. The first kappa shape index (κ1) is 13.2. The summed E-state index contributed by atoms with van der Waals surface area (Å²) in [7, 11) is 0. The minimum absolute atomic E-state index is 0.340. The van der Waals surface area contributed by atoms with E-state index >= 15 is 0 Å². The highest BCUT2D eigenvalue weighted by Gasteiger charge is 2.18. The number of hydrogen-bond donors (Lipinski definition) is 1. The second-order valence-electron chi connectivity index (χ2n) is 5.18. The summed E-state index contributed by atoms with van der Waals surface area (Å²) in [5, 5.41) is 14.7. The zero-order valence-electron chi connectivity index (χ0n) is 11.1. The van der Waals surface area contributed by atoms with Crippen LogP contribution in [0, 0.1) is 0 Å². The number of nitrogens with one attached hydrogen (secondary N) is 1. The second-order valence-corrected chi connectivity index (χ2v) is 5.18. The predicted octanol–water partition coefficient (Wildman–Crippen LogP) is 3.20. The fourth-order valence-electron chi connectivity index (χ4n) is 2.65. The Labute approximate surface area is 115 Å². The maximum atomic E-state index is 12.8. The maximum absolute atomic E-state index is 12.8. The molecule has 0 aromatic carbocycles. The van der Waals surface area contributed by atoms with Crippen LogP contribution in [0.3, 0.4) is 0 Å². The highest BCUT2D eigenvalue weighted by atomic mass is 19.3. The molecule has 108 valence electrons. The SMILES string of the molecule is FC(F)c1nnc2ccc(NC3CCCCCC3)nn12. The fraction of sp³-hybridized carbons (Fsp3) is 0.615. The molecule has 1 fully saturated rings. The van der Waals surface area contributed by atoms with E-state index in [0.29, 0.717) is 17.5 Å². The minimum atomic E-state index is -2.68. The van der Waals surface area contributed by atoms with Crippen LogP contribution in [-0.4, -0.2) is 25.9 Å². The molecule has 0 unspecified atom stereocenters. The van der Waals surface area contributed by atoms with Gasteiger partial charge in [-0.25, -0.2) is 8.78 Å². The molecule has 0 spiro atoms. The molecule has 1 N–H and O–H groups in total. The summed E-state index contributed by atoms with van der Waals surface area (Å²) in [6.07, 6.45) is 4.47. The molecule has 5 nitrogen and oxygen atoms in total. The van der Waals surface area contributed by atoms with Crippen LogP contribution in [0.1, 0.15) is 50.8 Å². The molecule has 3 rings (SSSR count). The van der Waals surface area contributed by atoms with Crippen LogP contribution in [0.15, 0.2) is 12.1 Å². The Balaban J connectivity index is 1.82. The third-order valence-electron chi connectivity index (χ3n) is 3.69. The van der Waals surface area contributed by atoms with Gasteiger partial charge in [0.05, 0.1) is 0 Å². The first-order valence-electron chi connectivity index (χ1n) is 7.01. The molecule has 2 heterocycles. The molecule has 0 amide bonds. The predicted molar refractivity (Wildman–Crippen MR) is 70.9 cm³/mol. The summed E-state index contributed by atoms with van der Waals surface area (Å²) in [5.74, 6) is 0.190. The lowest BCUT2D eigenvalue weighted by Crippen LogP contribution is -2.19. The van der Waals surface area contributed by atoms with E-state index in [0.717, 1.165) is 17.4 Å². The number of aromatic nitrogens is 4. The molecule has 1 aliphatic carbocycles. The van der Waals surface area contributed by atoms with E-state index in [-0.39, 0.29) is 0 Å². The Hall–Kier alpha value is -1.79. The average Bonchev–Trinajstić information content (AvgIpc) is 2.68. The Morgan fingerprint density at radius 2 is 1.85 bits per heavy atom. The summed E-state index contributed by atoms with van der Waals surface area (Å²) in [6, 6.07) is 3.80. The van der Waals surface area contributed by atoms with Gasteiger partial charge in [0.2, 0.25) is 5.82 Å². The summed E-state index contributed by atoms with van der Waals surface area (Å²) >= 11 is 0. The van der Waals surface area contributed by atoms with E-state index < -0.39 is 12.2 Å². The van der Waals surface area contributed by atoms with Crippen molar-refractivity contribution < 1.29 is 8.78 Å². The Bertz CT molecular complexity index is 575. The van der Waals surface area contributed by atoms with Gasteiger partial charge in [-0.2, -0.15) is 4.52 Å².